The Morgan fingerprint density at radius 1 is 1.50 bits per heavy atom. The van der Waals surface area contributed by atoms with Crippen molar-refractivity contribution in [1.82, 2.24) is 0 Å². The van der Waals surface area contributed by atoms with E-state index in [4.69, 9.17) is 5.26 Å². The van der Waals surface area contributed by atoms with Crippen molar-refractivity contribution in [2.24, 2.45) is 0 Å². The molecule has 1 heterocycles. The molecule has 1 N–H and O–H groups in total. The molecule has 0 aromatic heterocycles. The highest BCUT2D eigenvalue weighted by Crippen LogP contribution is 2.21. The van der Waals surface area contributed by atoms with E-state index < -0.39 is 0 Å². The normalized spacial score (nSPS) is 12.9. The number of anilines is 1. The number of nitrogens with one attached hydrogen (secondary N) is 1. The SMILES string of the molecule is N#Cc1ccc2c(c1)NCC=C2.[H+]. The molecule has 0 fully saturated rings. The van der Waals surface area contributed by atoms with Crippen LogP contribution in [0.2, 0.25) is 0 Å². The van der Waals surface area contributed by atoms with Crippen LogP contribution in [0.5, 0.6) is 0 Å². The first-order valence-corrected chi connectivity index (χ1v) is 3.85. The number of benzene rings is 1. The molecular weight excluding hydrogens is 148 g/mol. The molecule has 1 aromatic carbocycles. The molecular formula is C10H9N2+. The molecule has 2 rings (SSSR count). The third-order valence-electron chi connectivity index (χ3n) is 1.89. The highest BCUT2D eigenvalue weighted by molar-refractivity contribution is 5.71. The van der Waals surface area contributed by atoms with Gasteiger partial charge >= 0.3 is 1.43 Å². The molecule has 1 aromatic rings. The number of fused-ring (bicyclic) bond motifs is 1. The molecule has 2 nitrogen and oxygen atoms in total. The van der Waals surface area contributed by atoms with Gasteiger partial charge in [0.25, 0.3) is 0 Å². The van der Waals surface area contributed by atoms with Gasteiger partial charge in [0.15, 0.2) is 0 Å². The molecule has 1 aliphatic heterocycles. The minimum Gasteiger partial charge on any atom is -0.381 e. The summed E-state index contributed by atoms with van der Waals surface area (Å²) in [5.74, 6) is 0. The maximum absolute atomic E-state index is 8.64. The summed E-state index contributed by atoms with van der Waals surface area (Å²) < 4.78 is 0. The van der Waals surface area contributed by atoms with Crippen LogP contribution in [-0.2, 0) is 0 Å². The van der Waals surface area contributed by atoms with Crippen molar-refractivity contribution in [3.05, 3.63) is 35.4 Å². The van der Waals surface area contributed by atoms with Crippen molar-refractivity contribution in [2.45, 2.75) is 0 Å². The number of rotatable bonds is 0. The van der Waals surface area contributed by atoms with E-state index in [-0.39, 0.29) is 1.43 Å². The first-order chi connectivity index (χ1) is 5.90. The zero-order chi connectivity index (χ0) is 8.39. The first-order valence-electron chi connectivity index (χ1n) is 3.85. The van der Waals surface area contributed by atoms with Crippen LogP contribution in [0.3, 0.4) is 0 Å². The summed E-state index contributed by atoms with van der Waals surface area (Å²) in [5.41, 5.74) is 2.91. The second-order valence-corrected chi connectivity index (χ2v) is 2.70. The topological polar surface area (TPSA) is 35.8 Å². The smallest absolute Gasteiger partial charge is 0.381 e. The van der Waals surface area contributed by atoms with E-state index in [1.54, 1.807) is 0 Å². The average Bonchev–Trinajstić information content (AvgIpc) is 2.17. The highest BCUT2D eigenvalue weighted by atomic mass is 14.9. The van der Waals surface area contributed by atoms with Crippen LogP contribution >= 0.6 is 0 Å². The van der Waals surface area contributed by atoms with Crippen molar-refractivity contribution < 1.29 is 1.43 Å². The molecule has 0 saturated carbocycles. The Morgan fingerprint density at radius 3 is 3.25 bits per heavy atom. The summed E-state index contributed by atoms with van der Waals surface area (Å²) in [6.07, 6.45) is 4.13. The Bertz CT molecular complexity index is 377. The van der Waals surface area contributed by atoms with Crippen molar-refractivity contribution in [3.63, 3.8) is 0 Å². The van der Waals surface area contributed by atoms with Gasteiger partial charge in [-0.3, -0.25) is 0 Å². The highest BCUT2D eigenvalue weighted by Gasteiger charge is 2.02. The van der Waals surface area contributed by atoms with E-state index in [2.05, 4.69) is 23.5 Å². The minimum absolute atomic E-state index is 0. The van der Waals surface area contributed by atoms with Gasteiger partial charge in [0.05, 0.1) is 11.6 Å². The van der Waals surface area contributed by atoms with Crippen LogP contribution < -0.4 is 5.32 Å². The van der Waals surface area contributed by atoms with E-state index in [0.717, 1.165) is 17.8 Å². The lowest BCUT2D eigenvalue weighted by atomic mass is 10.1. The van der Waals surface area contributed by atoms with Crippen LogP contribution in [0.25, 0.3) is 6.08 Å². The molecule has 2 heteroatoms. The van der Waals surface area contributed by atoms with Gasteiger partial charge in [0.1, 0.15) is 0 Å². The Hall–Kier alpha value is -1.75. The van der Waals surface area contributed by atoms with E-state index in [0.29, 0.717) is 5.56 Å². The molecule has 1 aliphatic rings. The molecule has 12 heavy (non-hydrogen) atoms. The van der Waals surface area contributed by atoms with Crippen LogP contribution in [-0.4, -0.2) is 6.54 Å². The van der Waals surface area contributed by atoms with E-state index in [9.17, 15) is 0 Å². The van der Waals surface area contributed by atoms with Crippen molar-refractivity contribution in [3.8, 4) is 6.07 Å². The summed E-state index contributed by atoms with van der Waals surface area (Å²) in [4.78, 5) is 0. The van der Waals surface area contributed by atoms with Crippen molar-refractivity contribution in [1.29, 1.82) is 5.26 Å². The lowest BCUT2D eigenvalue weighted by Gasteiger charge is -2.12. The molecule has 0 radical (unpaired) electrons. The van der Waals surface area contributed by atoms with E-state index in [1.165, 1.54) is 0 Å². The van der Waals surface area contributed by atoms with Crippen molar-refractivity contribution in [2.75, 3.05) is 11.9 Å². The minimum atomic E-state index is 0. The number of hydrogen-bond donors (Lipinski definition) is 1. The average molecular weight is 157 g/mol. The largest absolute Gasteiger partial charge is 1.00 e. The summed E-state index contributed by atoms with van der Waals surface area (Å²) in [5, 5.41) is 11.8. The van der Waals surface area contributed by atoms with Gasteiger partial charge in [-0.25, -0.2) is 0 Å². The molecule has 0 aliphatic carbocycles. The zero-order valence-electron chi connectivity index (χ0n) is 7.54. The van der Waals surface area contributed by atoms with Crippen LogP contribution in [0.15, 0.2) is 24.3 Å². The van der Waals surface area contributed by atoms with Gasteiger partial charge < -0.3 is 5.32 Å². The predicted octanol–water partition coefficient (Wildman–Crippen LogP) is 2.11. The van der Waals surface area contributed by atoms with Crippen LogP contribution in [0.4, 0.5) is 5.69 Å². The lowest BCUT2D eigenvalue weighted by molar-refractivity contribution is 1.30. The fourth-order valence-electron chi connectivity index (χ4n) is 1.28. The maximum Gasteiger partial charge on any atom is 1.00 e. The van der Waals surface area contributed by atoms with Crippen LogP contribution in [0.1, 0.15) is 12.6 Å². The van der Waals surface area contributed by atoms with Gasteiger partial charge in [0, 0.05) is 12.2 Å². The third kappa shape index (κ3) is 1.06. The van der Waals surface area contributed by atoms with E-state index >= 15 is 0 Å². The predicted molar refractivity (Wildman–Crippen MR) is 49.8 cm³/mol. The first kappa shape index (κ1) is 6.93. The van der Waals surface area contributed by atoms with Gasteiger partial charge in [-0.1, -0.05) is 18.2 Å². The van der Waals surface area contributed by atoms with Crippen molar-refractivity contribution >= 4 is 11.8 Å². The lowest BCUT2D eigenvalue weighted by Crippen LogP contribution is -2.04. The molecule has 0 amide bonds. The zero-order valence-corrected chi connectivity index (χ0v) is 6.54. The summed E-state index contributed by atoms with van der Waals surface area (Å²) in [6, 6.07) is 7.77. The quantitative estimate of drug-likeness (QED) is 0.626. The van der Waals surface area contributed by atoms with Gasteiger partial charge in [-0.05, 0) is 17.7 Å². The summed E-state index contributed by atoms with van der Waals surface area (Å²) >= 11 is 0. The molecule has 0 spiro atoms. The third-order valence-corrected chi connectivity index (χ3v) is 1.89. The molecule has 0 atom stereocenters. The maximum atomic E-state index is 8.64. The van der Waals surface area contributed by atoms with Gasteiger partial charge in [-0.15, -0.1) is 0 Å². The number of nitrogens with zero attached hydrogens (tertiary/aromatic N) is 1. The van der Waals surface area contributed by atoms with Crippen LogP contribution in [0, 0.1) is 11.3 Å². The van der Waals surface area contributed by atoms with Gasteiger partial charge in [0.2, 0.25) is 0 Å². The number of hydrogen-bond acceptors (Lipinski definition) is 2. The van der Waals surface area contributed by atoms with E-state index in [1.807, 2.05) is 18.2 Å². The second-order valence-electron chi connectivity index (χ2n) is 2.70. The Kier molecular flexibility index (Phi) is 1.56. The summed E-state index contributed by atoms with van der Waals surface area (Å²) in [6.45, 7) is 0.849. The Balaban J connectivity index is 0.000000845. The Morgan fingerprint density at radius 2 is 2.42 bits per heavy atom. The fourth-order valence-corrected chi connectivity index (χ4v) is 1.28. The Labute approximate surface area is 72.6 Å². The molecule has 0 bridgehead atoms. The van der Waals surface area contributed by atoms with Gasteiger partial charge in [-0.2, -0.15) is 5.26 Å². The second kappa shape index (κ2) is 2.71. The fraction of sp³-hybridized carbons (Fsp3) is 0.100. The molecule has 0 unspecified atom stereocenters. The molecule has 58 valence electrons. The standard InChI is InChI=1S/C10H8N2/c11-7-8-3-4-9-2-1-5-12-10(9)6-8/h1-4,6,12H,5H2/p+1. The number of nitriles is 1. The molecule has 0 saturated heterocycles. The summed E-state index contributed by atoms with van der Waals surface area (Å²) in [7, 11) is 0. The monoisotopic (exact) mass is 157 g/mol.